The Morgan fingerprint density at radius 1 is 1.00 bits per heavy atom. The molecule has 0 atom stereocenters. The van der Waals surface area contributed by atoms with Crippen molar-refractivity contribution in [3.63, 3.8) is 0 Å². The van der Waals surface area contributed by atoms with E-state index in [4.69, 9.17) is 5.73 Å². The van der Waals surface area contributed by atoms with Gasteiger partial charge in [-0.25, -0.2) is 9.18 Å². The third kappa shape index (κ3) is 4.10. The summed E-state index contributed by atoms with van der Waals surface area (Å²) >= 11 is 0. The van der Waals surface area contributed by atoms with Gasteiger partial charge in [-0.2, -0.15) is 18.3 Å². The summed E-state index contributed by atoms with van der Waals surface area (Å²) in [5.41, 5.74) is 6.65. The minimum Gasteiger partial charge on any atom is -0.382 e. The van der Waals surface area contributed by atoms with Crippen molar-refractivity contribution in [1.29, 1.82) is 0 Å². The lowest BCUT2D eigenvalue weighted by molar-refractivity contribution is -0.139. The summed E-state index contributed by atoms with van der Waals surface area (Å²) in [6, 6.07) is 9.74. The maximum Gasteiger partial charge on any atom is 0.419 e. The van der Waals surface area contributed by atoms with E-state index in [1.165, 1.54) is 0 Å². The number of H-pyrrole nitrogens is 1. The van der Waals surface area contributed by atoms with Crippen molar-refractivity contribution in [2.45, 2.75) is 6.18 Å². The van der Waals surface area contributed by atoms with Crippen LogP contribution in [0.5, 0.6) is 0 Å². The summed E-state index contributed by atoms with van der Waals surface area (Å²) in [4.78, 5) is 16.5. The molecule has 2 amide bonds. The van der Waals surface area contributed by atoms with Crippen LogP contribution in [0, 0.1) is 5.82 Å². The van der Waals surface area contributed by atoms with E-state index in [2.05, 4.69) is 25.8 Å². The monoisotopic (exact) mass is 430 g/mol. The molecule has 4 rings (SSSR count). The summed E-state index contributed by atoms with van der Waals surface area (Å²) in [5.74, 6) is -1.12. The normalized spacial score (nSPS) is 11.5. The minimum absolute atomic E-state index is 0.200. The fourth-order valence-electron chi connectivity index (χ4n) is 3.03. The Balaban J connectivity index is 1.49. The maximum atomic E-state index is 13.4. The van der Waals surface area contributed by atoms with Crippen molar-refractivity contribution in [2.24, 2.45) is 0 Å². The summed E-state index contributed by atoms with van der Waals surface area (Å²) < 4.78 is 51.8. The van der Waals surface area contributed by atoms with Crippen LogP contribution in [0.15, 0.2) is 54.7 Å². The second-order valence-corrected chi connectivity index (χ2v) is 6.54. The number of nitrogens with one attached hydrogen (secondary N) is 3. The van der Waals surface area contributed by atoms with E-state index in [0.29, 0.717) is 34.7 Å². The van der Waals surface area contributed by atoms with Gasteiger partial charge < -0.3 is 16.4 Å². The molecule has 0 fully saturated rings. The summed E-state index contributed by atoms with van der Waals surface area (Å²) in [6.07, 6.45) is -3.27. The Kier molecular flexibility index (Phi) is 4.93. The van der Waals surface area contributed by atoms with Crippen LogP contribution in [0.25, 0.3) is 22.2 Å². The van der Waals surface area contributed by atoms with Gasteiger partial charge in [0.25, 0.3) is 0 Å². The smallest absolute Gasteiger partial charge is 0.382 e. The number of amides is 2. The molecular weight excluding hydrogens is 416 g/mol. The predicted octanol–water partition coefficient (Wildman–Crippen LogP) is 5.01. The molecule has 7 nitrogen and oxygen atoms in total. The number of benzene rings is 2. The number of carbonyl (C=O) groups excluding carboxylic acids is 1. The number of anilines is 3. The van der Waals surface area contributed by atoms with Crippen molar-refractivity contribution in [3.8, 4) is 11.3 Å². The lowest BCUT2D eigenvalue weighted by Gasteiger charge is -2.12. The van der Waals surface area contributed by atoms with E-state index in [9.17, 15) is 22.4 Å². The van der Waals surface area contributed by atoms with Crippen LogP contribution >= 0.6 is 0 Å². The lowest BCUT2D eigenvalue weighted by Crippen LogP contribution is -2.20. The Labute approximate surface area is 172 Å². The third-order valence-electron chi connectivity index (χ3n) is 4.45. The van der Waals surface area contributed by atoms with Crippen molar-refractivity contribution in [3.05, 3.63) is 66.1 Å². The molecule has 0 aliphatic heterocycles. The van der Waals surface area contributed by atoms with Crippen LogP contribution in [0.4, 0.5) is 39.5 Å². The van der Waals surface area contributed by atoms with Crippen molar-refractivity contribution in [1.82, 2.24) is 15.2 Å². The van der Waals surface area contributed by atoms with Gasteiger partial charge >= 0.3 is 12.2 Å². The standard InChI is InChI=1S/C20H14F4N6O/c21-14-6-5-12(9-13(14)20(22,23)24)28-19(31)27-11-3-1-10(2-4-11)17-16-15(7-8-26-17)29-30-18(16)25/h1-9H,(H3,25,29,30)(H2,27,28,31). The molecule has 2 heterocycles. The molecule has 31 heavy (non-hydrogen) atoms. The highest BCUT2D eigenvalue weighted by Gasteiger charge is 2.34. The Bertz CT molecular complexity index is 1270. The zero-order valence-corrected chi connectivity index (χ0v) is 15.6. The number of fused-ring (bicyclic) bond motifs is 1. The van der Waals surface area contributed by atoms with Crippen LogP contribution in [-0.2, 0) is 6.18 Å². The molecule has 0 bridgehead atoms. The summed E-state index contributed by atoms with van der Waals surface area (Å²) in [6.45, 7) is 0. The van der Waals surface area contributed by atoms with Gasteiger partial charge in [0.15, 0.2) is 5.82 Å². The highest BCUT2D eigenvalue weighted by atomic mass is 19.4. The number of hydrogen-bond acceptors (Lipinski definition) is 4. The average molecular weight is 430 g/mol. The molecular formula is C20H14F4N6O. The van der Waals surface area contributed by atoms with Crippen LogP contribution in [0.2, 0.25) is 0 Å². The molecule has 0 spiro atoms. The van der Waals surface area contributed by atoms with Gasteiger partial charge in [-0.05, 0) is 36.4 Å². The molecule has 0 radical (unpaired) electrons. The molecule has 0 aliphatic rings. The Hall–Kier alpha value is -4.15. The highest BCUT2D eigenvalue weighted by Crippen LogP contribution is 2.33. The number of nitrogens with zero attached hydrogens (tertiary/aromatic N) is 2. The largest absolute Gasteiger partial charge is 0.419 e. The van der Waals surface area contributed by atoms with Crippen LogP contribution in [0.3, 0.4) is 0 Å². The first-order chi connectivity index (χ1) is 14.7. The van der Waals surface area contributed by atoms with Crippen molar-refractivity contribution < 1.29 is 22.4 Å². The van der Waals surface area contributed by atoms with E-state index >= 15 is 0 Å². The first kappa shape index (κ1) is 20.1. The van der Waals surface area contributed by atoms with Gasteiger partial charge in [0.2, 0.25) is 0 Å². The zero-order chi connectivity index (χ0) is 22.2. The number of urea groups is 1. The van der Waals surface area contributed by atoms with E-state index < -0.39 is 23.6 Å². The number of carbonyl (C=O) groups is 1. The molecule has 0 saturated heterocycles. The second kappa shape index (κ2) is 7.59. The lowest BCUT2D eigenvalue weighted by atomic mass is 10.1. The third-order valence-corrected chi connectivity index (χ3v) is 4.45. The Morgan fingerprint density at radius 3 is 2.39 bits per heavy atom. The molecule has 0 aliphatic carbocycles. The van der Waals surface area contributed by atoms with Gasteiger partial charge in [0.05, 0.1) is 22.2 Å². The maximum absolute atomic E-state index is 13.4. The fraction of sp³-hybridized carbons (Fsp3) is 0.0500. The number of halogens is 4. The molecule has 4 aromatic rings. The Morgan fingerprint density at radius 2 is 1.68 bits per heavy atom. The predicted molar refractivity (Wildman–Crippen MR) is 108 cm³/mol. The highest BCUT2D eigenvalue weighted by molar-refractivity contribution is 6.01. The van der Waals surface area contributed by atoms with Crippen molar-refractivity contribution in [2.75, 3.05) is 16.4 Å². The number of aromatic nitrogens is 3. The van der Waals surface area contributed by atoms with Crippen LogP contribution in [-0.4, -0.2) is 21.2 Å². The van der Waals surface area contributed by atoms with E-state index in [1.54, 1.807) is 36.5 Å². The quantitative estimate of drug-likeness (QED) is 0.343. The molecule has 158 valence electrons. The SMILES string of the molecule is Nc1n[nH]c2ccnc(-c3ccc(NC(=O)Nc4ccc(F)c(C(F)(F)F)c4)cc3)c12. The number of rotatable bonds is 3. The molecule has 0 saturated carbocycles. The average Bonchev–Trinajstić information content (AvgIpc) is 3.10. The number of pyridine rings is 1. The molecule has 11 heteroatoms. The van der Waals surface area contributed by atoms with Gasteiger partial charge in [-0.1, -0.05) is 12.1 Å². The van der Waals surface area contributed by atoms with Crippen LogP contribution in [0.1, 0.15) is 5.56 Å². The van der Waals surface area contributed by atoms with Crippen molar-refractivity contribution >= 4 is 34.1 Å². The minimum atomic E-state index is -4.87. The number of nitrogens with two attached hydrogens (primary N) is 1. The summed E-state index contributed by atoms with van der Waals surface area (Å²) in [5, 5.41) is 12.2. The fourth-order valence-corrected chi connectivity index (χ4v) is 3.03. The number of aromatic amines is 1. The van der Waals surface area contributed by atoms with Crippen LogP contribution < -0.4 is 16.4 Å². The molecule has 0 unspecified atom stereocenters. The van der Waals surface area contributed by atoms with E-state index in [-0.39, 0.29) is 5.69 Å². The molecule has 5 N–H and O–H groups in total. The zero-order valence-electron chi connectivity index (χ0n) is 15.6. The molecule has 2 aromatic heterocycles. The van der Waals surface area contributed by atoms with Gasteiger partial charge in [0.1, 0.15) is 5.82 Å². The first-order valence-electron chi connectivity index (χ1n) is 8.86. The first-order valence-corrected chi connectivity index (χ1v) is 8.86. The second-order valence-electron chi connectivity index (χ2n) is 6.54. The van der Waals surface area contributed by atoms with E-state index in [0.717, 1.165) is 17.1 Å². The van der Waals surface area contributed by atoms with Gasteiger partial charge in [-0.15, -0.1) is 0 Å². The van der Waals surface area contributed by atoms with E-state index in [1.807, 2.05) is 0 Å². The summed E-state index contributed by atoms with van der Waals surface area (Å²) in [7, 11) is 0. The number of alkyl halides is 3. The molecule has 2 aromatic carbocycles. The number of nitrogen functional groups attached to an aromatic ring is 1. The number of hydrogen-bond donors (Lipinski definition) is 4. The van der Waals surface area contributed by atoms with Gasteiger partial charge in [-0.3, -0.25) is 10.1 Å². The topological polar surface area (TPSA) is 109 Å². The van der Waals surface area contributed by atoms with Gasteiger partial charge in [0, 0.05) is 23.1 Å².